The number of Topliss-reactive ketones (excluding diaryl/α,β-unsaturated/α-hetero) is 1. The molecule has 4 aromatic rings. The zero-order valence-corrected chi connectivity index (χ0v) is 23.3. The first kappa shape index (κ1) is 28.7. The van der Waals surface area contributed by atoms with Gasteiger partial charge in [-0.3, -0.25) is 9.59 Å². The number of hydrogen-bond donors (Lipinski definition) is 2. The maximum Gasteiger partial charge on any atom is 0.253 e. The maximum absolute atomic E-state index is 13.1. The molecule has 40 heavy (non-hydrogen) atoms. The van der Waals surface area contributed by atoms with Crippen molar-refractivity contribution in [2.45, 2.75) is 31.7 Å². The Morgan fingerprint density at radius 1 is 0.875 bits per heavy atom. The van der Waals surface area contributed by atoms with Crippen LogP contribution in [0.4, 0.5) is 0 Å². The van der Waals surface area contributed by atoms with Crippen molar-refractivity contribution in [2.75, 3.05) is 14.2 Å². The summed E-state index contributed by atoms with van der Waals surface area (Å²) in [6, 6.07) is 27.6. The number of benzene rings is 4. The summed E-state index contributed by atoms with van der Waals surface area (Å²) in [5, 5.41) is 19.9. The molecular weight excluding hydrogens is 526 g/mol. The van der Waals surface area contributed by atoms with Crippen LogP contribution in [0.2, 0.25) is 5.02 Å². The molecule has 206 valence electrons. The molecule has 2 N–H and O–H groups in total. The van der Waals surface area contributed by atoms with Gasteiger partial charge in [0.2, 0.25) is 0 Å². The second-order valence-corrected chi connectivity index (χ2v) is 10.2. The van der Waals surface area contributed by atoms with Crippen LogP contribution in [0.1, 0.15) is 56.2 Å². The topological polar surface area (TPSA) is 87.1 Å². The van der Waals surface area contributed by atoms with Gasteiger partial charge in [-0.25, -0.2) is 0 Å². The van der Waals surface area contributed by atoms with Crippen LogP contribution in [-0.2, 0) is 13.0 Å². The highest BCUT2D eigenvalue weighted by molar-refractivity contribution is 6.32. The van der Waals surface area contributed by atoms with Crippen LogP contribution in [0.25, 0.3) is 0 Å². The van der Waals surface area contributed by atoms with Gasteiger partial charge in [-0.05, 0) is 65.8 Å². The molecule has 0 spiro atoms. The van der Waals surface area contributed by atoms with Gasteiger partial charge in [0, 0.05) is 31.6 Å². The van der Waals surface area contributed by atoms with Gasteiger partial charge >= 0.3 is 0 Å². The molecule has 4 rings (SSSR count). The van der Waals surface area contributed by atoms with Gasteiger partial charge < -0.3 is 19.8 Å². The Bertz CT molecular complexity index is 1450. The zero-order chi connectivity index (χ0) is 28.6. The summed E-state index contributed by atoms with van der Waals surface area (Å²) in [6.45, 7) is 0.470. The van der Waals surface area contributed by atoms with E-state index in [9.17, 15) is 19.8 Å². The number of carbonyl (C=O) groups excluding carboxylic acids is 2. The van der Waals surface area contributed by atoms with E-state index in [1.54, 1.807) is 19.1 Å². The summed E-state index contributed by atoms with van der Waals surface area (Å²) in [4.78, 5) is 27.7. The molecule has 1 atom stereocenters. The third-order valence-corrected chi connectivity index (χ3v) is 7.27. The first-order valence-corrected chi connectivity index (χ1v) is 13.4. The highest BCUT2D eigenvalue weighted by atomic mass is 35.5. The molecule has 0 aliphatic rings. The molecule has 0 aliphatic carbocycles. The zero-order valence-electron chi connectivity index (χ0n) is 22.5. The van der Waals surface area contributed by atoms with E-state index in [0.29, 0.717) is 24.9 Å². The Kier molecular flexibility index (Phi) is 9.46. The Morgan fingerprint density at radius 2 is 1.55 bits per heavy atom. The second kappa shape index (κ2) is 13.2. The minimum atomic E-state index is -0.298. The summed E-state index contributed by atoms with van der Waals surface area (Å²) in [5.74, 6) is -0.151. The number of phenols is 2. The molecular formula is C33H32ClNO5. The number of halogens is 1. The molecule has 0 radical (unpaired) electrons. The number of aromatic hydroxyl groups is 2. The molecule has 6 nitrogen and oxygen atoms in total. The quantitative estimate of drug-likeness (QED) is 0.193. The fourth-order valence-electron chi connectivity index (χ4n) is 4.69. The lowest BCUT2D eigenvalue weighted by Gasteiger charge is -2.20. The SMILES string of the molecule is COc1ccc(CN(C)C(=O)c2ccc(C(CCC(=O)c3cc(Cl)c(O)cc3O)Cc3ccccc3)cc2)cc1. The molecule has 0 saturated heterocycles. The van der Waals surface area contributed by atoms with E-state index >= 15 is 0 Å². The number of methoxy groups -OCH3 is 1. The van der Waals surface area contributed by atoms with Crippen LogP contribution in [0.3, 0.4) is 0 Å². The van der Waals surface area contributed by atoms with Crippen LogP contribution < -0.4 is 4.74 Å². The van der Waals surface area contributed by atoms with Crippen molar-refractivity contribution in [2.24, 2.45) is 0 Å². The van der Waals surface area contributed by atoms with Gasteiger partial charge in [-0.1, -0.05) is 66.2 Å². The van der Waals surface area contributed by atoms with E-state index < -0.39 is 0 Å². The standard InChI is InChI=1S/C33H32ClNO5/c1-35(21-23-8-15-27(40-2)16-9-23)33(39)25-12-10-24(11-13-25)26(18-22-6-4-3-5-7-22)14-17-30(36)28-19-29(34)32(38)20-31(28)37/h3-13,15-16,19-20,26,37-38H,14,17-18,21H2,1-2H3. The molecule has 0 heterocycles. The predicted octanol–water partition coefficient (Wildman–Crippen LogP) is 7.02. The van der Waals surface area contributed by atoms with Crippen molar-refractivity contribution in [3.05, 3.63) is 124 Å². The summed E-state index contributed by atoms with van der Waals surface area (Å²) in [7, 11) is 3.39. The lowest BCUT2D eigenvalue weighted by atomic mass is 9.86. The van der Waals surface area contributed by atoms with Crippen molar-refractivity contribution >= 4 is 23.3 Å². The van der Waals surface area contributed by atoms with E-state index in [1.165, 1.54) is 6.07 Å². The Balaban J connectivity index is 1.48. The van der Waals surface area contributed by atoms with Crippen LogP contribution in [0.15, 0.2) is 91.0 Å². The Hall–Kier alpha value is -4.29. The van der Waals surface area contributed by atoms with Gasteiger partial charge in [0.05, 0.1) is 17.7 Å². The third-order valence-electron chi connectivity index (χ3n) is 6.96. The average Bonchev–Trinajstić information content (AvgIpc) is 2.97. The van der Waals surface area contributed by atoms with Crippen molar-refractivity contribution in [1.29, 1.82) is 0 Å². The average molecular weight is 558 g/mol. The first-order valence-electron chi connectivity index (χ1n) is 13.0. The molecule has 0 fully saturated rings. The smallest absolute Gasteiger partial charge is 0.253 e. The van der Waals surface area contributed by atoms with Gasteiger partial charge in [0.1, 0.15) is 17.2 Å². The van der Waals surface area contributed by atoms with Crippen LogP contribution in [-0.4, -0.2) is 41.0 Å². The highest BCUT2D eigenvalue weighted by Crippen LogP contribution is 2.33. The lowest BCUT2D eigenvalue weighted by molar-refractivity contribution is 0.0785. The van der Waals surface area contributed by atoms with E-state index in [2.05, 4.69) is 0 Å². The van der Waals surface area contributed by atoms with E-state index in [-0.39, 0.29) is 46.1 Å². The van der Waals surface area contributed by atoms with Gasteiger partial charge in [0.15, 0.2) is 5.78 Å². The van der Waals surface area contributed by atoms with Crippen molar-refractivity contribution in [3.63, 3.8) is 0 Å². The monoisotopic (exact) mass is 557 g/mol. The number of rotatable bonds is 11. The summed E-state index contributed by atoms with van der Waals surface area (Å²) >= 11 is 5.97. The third kappa shape index (κ3) is 7.21. The largest absolute Gasteiger partial charge is 0.507 e. The van der Waals surface area contributed by atoms with E-state index in [0.717, 1.165) is 28.5 Å². The maximum atomic E-state index is 13.1. The van der Waals surface area contributed by atoms with Crippen molar-refractivity contribution < 1.29 is 24.5 Å². The number of nitrogens with zero attached hydrogens (tertiary/aromatic N) is 1. The van der Waals surface area contributed by atoms with E-state index in [1.807, 2.05) is 78.9 Å². The van der Waals surface area contributed by atoms with Crippen LogP contribution >= 0.6 is 11.6 Å². The minimum absolute atomic E-state index is 0.00209. The van der Waals surface area contributed by atoms with Crippen molar-refractivity contribution in [1.82, 2.24) is 4.90 Å². The van der Waals surface area contributed by atoms with Crippen LogP contribution in [0.5, 0.6) is 17.2 Å². The first-order chi connectivity index (χ1) is 19.2. The van der Waals surface area contributed by atoms with Gasteiger partial charge in [-0.15, -0.1) is 0 Å². The lowest BCUT2D eigenvalue weighted by Crippen LogP contribution is -2.26. The molecule has 0 aliphatic heterocycles. The fraction of sp³-hybridized carbons (Fsp3) is 0.212. The summed E-state index contributed by atoms with van der Waals surface area (Å²) in [5.41, 5.74) is 3.82. The summed E-state index contributed by atoms with van der Waals surface area (Å²) in [6.07, 6.45) is 1.41. The number of carbonyl (C=O) groups is 2. The number of hydrogen-bond acceptors (Lipinski definition) is 5. The molecule has 7 heteroatoms. The molecule has 1 unspecified atom stereocenters. The number of phenolic OH excluding ortho intramolecular Hbond substituents is 2. The van der Waals surface area contributed by atoms with E-state index in [4.69, 9.17) is 16.3 Å². The van der Waals surface area contributed by atoms with Crippen molar-refractivity contribution in [3.8, 4) is 17.2 Å². The molecule has 0 aromatic heterocycles. The summed E-state index contributed by atoms with van der Waals surface area (Å²) < 4.78 is 5.20. The molecule has 1 amide bonds. The minimum Gasteiger partial charge on any atom is -0.507 e. The van der Waals surface area contributed by atoms with Gasteiger partial charge in [0.25, 0.3) is 5.91 Å². The molecule has 0 bridgehead atoms. The Labute approximate surface area is 239 Å². The molecule has 0 saturated carbocycles. The van der Waals surface area contributed by atoms with Crippen LogP contribution in [0, 0.1) is 0 Å². The number of ether oxygens (including phenoxy) is 1. The highest BCUT2D eigenvalue weighted by Gasteiger charge is 2.20. The molecule has 4 aromatic carbocycles. The van der Waals surface area contributed by atoms with Gasteiger partial charge in [-0.2, -0.15) is 0 Å². The second-order valence-electron chi connectivity index (χ2n) is 9.80. The number of ketones is 1. The number of amides is 1. The predicted molar refractivity (Wildman–Crippen MR) is 156 cm³/mol. The normalized spacial score (nSPS) is 11.6. The Morgan fingerprint density at radius 3 is 2.20 bits per heavy atom. The fourth-order valence-corrected chi connectivity index (χ4v) is 4.86.